The third kappa shape index (κ3) is 4.47. The van der Waals surface area contributed by atoms with Crippen molar-refractivity contribution < 1.29 is 23.1 Å². The fourth-order valence-corrected chi connectivity index (χ4v) is 5.03. The van der Waals surface area contributed by atoms with Gasteiger partial charge in [0.2, 0.25) is 0 Å². The Morgan fingerprint density at radius 2 is 1.38 bits per heavy atom. The summed E-state index contributed by atoms with van der Waals surface area (Å²) in [4.78, 5) is 0. The highest BCUT2D eigenvalue weighted by Crippen LogP contribution is 2.64. The summed E-state index contributed by atoms with van der Waals surface area (Å²) in [7, 11) is -0.279. The van der Waals surface area contributed by atoms with E-state index in [-0.39, 0.29) is 0 Å². The molecule has 0 bridgehead atoms. The topological polar surface area (TPSA) is 54.0 Å². The molecule has 1 unspecified atom stereocenters. The molecule has 6 heteroatoms. The Bertz CT molecular complexity index is 747. The van der Waals surface area contributed by atoms with Crippen LogP contribution in [-0.4, -0.2) is 27.4 Å². The molecule has 0 saturated carbocycles. The van der Waals surface area contributed by atoms with Crippen LogP contribution in [0.25, 0.3) is 0 Å². The quantitative estimate of drug-likeness (QED) is 0.549. The first kappa shape index (κ1) is 20.5. The van der Waals surface area contributed by atoms with Crippen molar-refractivity contribution in [2.45, 2.75) is 26.4 Å². The molecular weight excluding hydrogens is 351 g/mol. The van der Waals surface area contributed by atoms with Crippen molar-refractivity contribution >= 4 is 7.60 Å². The molecule has 0 heterocycles. The van der Waals surface area contributed by atoms with E-state index >= 15 is 0 Å². The van der Waals surface area contributed by atoms with E-state index in [9.17, 15) is 4.57 Å². The second-order valence-electron chi connectivity index (χ2n) is 5.80. The van der Waals surface area contributed by atoms with Gasteiger partial charge in [-0.1, -0.05) is 35.9 Å². The smallest absolute Gasteiger partial charge is 0.342 e. The maximum absolute atomic E-state index is 13.6. The van der Waals surface area contributed by atoms with Gasteiger partial charge in [-0.3, -0.25) is 4.57 Å². The molecule has 2 aromatic carbocycles. The largest absolute Gasteiger partial charge is 0.493 e. The van der Waals surface area contributed by atoms with E-state index in [0.717, 1.165) is 16.7 Å². The molecule has 0 fully saturated rings. The predicted molar refractivity (Wildman–Crippen MR) is 103 cm³/mol. The van der Waals surface area contributed by atoms with Gasteiger partial charge in [0.15, 0.2) is 11.5 Å². The van der Waals surface area contributed by atoms with Gasteiger partial charge < -0.3 is 18.5 Å². The molecule has 0 aliphatic carbocycles. The maximum Gasteiger partial charge on any atom is 0.342 e. The van der Waals surface area contributed by atoms with Crippen molar-refractivity contribution in [2.75, 3.05) is 27.4 Å². The Balaban J connectivity index is 2.63. The van der Waals surface area contributed by atoms with Gasteiger partial charge in [0.1, 0.15) is 5.66 Å². The molecule has 0 saturated heterocycles. The maximum atomic E-state index is 13.6. The number of aryl methyl sites for hydroxylation is 1. The minimum atomic E-state index is -3.44. The average molecular weight is 378 g/mol. The van der Waals surface area contributed by atoms with Crippen LogP contribution in [0.5, 0.6) is 11.5 Å². The summed E-state index contributed by atoms with van der Waals surface area (Å²) in [5.74, 6) is 1.18. The Hall–Kier alpha value is -1.81. The number of rotatable bonds is 9. The minimum absolute atomic E-state index is 0.299. The molecule has 142 valence electrons. The number of hydrogen-bond donors (Lipinski definition) is 0. The lowest BCUT2D eigenvalue weighted by molar-refractivity contribution is 0.215. The van der Waals surface area contributed by atoms with Gasteiger partial charge in [-0.25, -0.2) is 0 Å². The molecule has 2 rings (SSSR count). The predicted octanol–water partition coefficient (Wildman–Crippen LogP) is 5.37. The first-order valence-corrected chi connectivity index (χ1v) is 10.3. The second-order valence-corrected chi connectivity index (χ2v) is 7.92. The van der Waals surface area contributed by atoms with Crippen LogP contribution < -0.4 is 9.47 Å². The van der Waals surface area contributed by atoms with E-state index in [1.807, 2.05) is 57.2 Å². The van der Waals surface area contributed by atoms with Gasteiger partial charge in [-0.15, -0.1) is 0 Å². The molecule has 0 aromatic heterocycles. The zero-order chi connectivity index (χ0) is 19.2. The van der Waals surface area contributed by atoms with E-state index in [1.54, 1.807) is 20.3 Å². The summed E-state index contributed by atoms with van der Waals surface area (Å²) >= 11 is 0. The SMILES string of the molecule is CCOP(=O)(OCC)C(c1ccc(C)cc1)c1ccc(OC)c(OC)c1. The van der Waals surface area contributed by atoms with Crippen molar-refractivity contribution in [3.8, 4) is 11.5 Å². The van der Waals surface area contributed by atoms with Crippen LogP contribution in [0, 0.1) is 6.92 Å². The van der Waals surface area contributed by atoms with Gasteiger partial charge in [-0.2, -0.15) is 0 Å². The summed E-state index contributed by atoms with van der Waals surface area (Å²) in [6, 6.07) is 13.4. The Morgan fingerprint density at radius 1 is 0.846 bits per heavy atom. The summed E-state index contributed by atoms with van der Waals surface area (Å²) in [6.45, 7) is 6.23. The average Bonchev–Trinajstić information content (AvgIpc) is 2.63. The number of hydrogen-bond acceptors (Lipinski definition) is 5. The van der Waals surface area contributed by atoms with E-state index in [4.69, 9.17) is 18.5 Å². The lowest BCUT2D eigenvalue weighted by Crippen LogP contribution is -2.09. The first-order chi connectivity index (χ1) is 12.5. The number of ether oxygens (including phenoxy) is 2. The van der Waals surface area contributed by atoms with Crippen molar-refractivity contribution in [2.24, 2.45) is 0 Å². The van der Waals surface area contributed by atoms with Crippen LogP contribution in [0.4, 0.5) is 0 Å². The third-order valence-electron chi connectivity index (χ3n) is 4.05. The standard InChI is InChI=1S/C20H27O5P/c1-6-24-26(21,25-7-2)20(16-10-8-15(3)9-11-16)17-12-13-18(22-4)19(14-17)23-5/h8-14,20H,6-7H2,1-5H3. The molecule has 5 nitrogen and oxygen atoms in total. The highest BCUT2D eigenvalue weighted by atomic mass is 31.2. The lowest BCUT2D eigenvalue weighted by Gasteiger charge is -2.27. The molecule has 0 spiro atoms. The second kappa shape index (κ2) is 9.22. The molecule has 0 aliphatic heterocycles. The van der Waals surface area contributed by atoms with Crippen LogP contribution in [0.1, 0.15) is 36.2 Å². The highest BCUT2D eigenvalue weighted by Gasteiger charge is 2.38. The van der Waals surface area contributed by atoms with Crippen LogP contribution in [0.2, 0.25) is 0 Å². The highest BCUT2D eigenvalue weighted by molar-refractivity contribution is 7.54. The van der Waals surface area contributed by atoms with Crippen LogP contribution in [0.15, 0.2) is 42.5 Å². The normalized spacial score (nSPS) is 12.7. The molecule has 0 aliphatic rings. The van der Waals surface area contributed by atoms with E-state index in [1.165, 1.54) is 0 Å². The van der Waals surface area contributed by atoms with Crippen molar-refractivity contribution in [3.63, 3.8) is 0 Å². The summed E-state index contributed by atoms with van der Waals surface area (Å²) in [5, 5.41) is 0. The summed E-state index contributed by atoms with van der Waals surface area (Å²) in [5.41, 5.74) is 2.23. The molecule has 2 aromatic rings. The molecule has 0 N–H and O–H groups in total. The van der Waals surface area contributed by atoms with Crippen LogP contribution in [0.3, 0.4) is 0 Å². The molecule has 26 heavy (non-hydrogen) atoms. The van der Waals surface area contributed by atoms with Gasteiger partial charge in [0.05, 0.1) is 27.4 Å². The number of benzene rings is 2. The van der Waals surface area contributed by atoms with E-state index in [2.05, 4.69) is 0 Å². The summed E-state index contributed by atoms with van der Waals surface area (Å²) < 4.78 is 35.7. The zero-order valence-corrected chi connectivity index (χ0v) is 16.9. The van der Waals surface area contributed by atoms with Gasteiger partial charge in [0.25, 0.3) is 0 Å². The third-order valence-corrected chi connectivity index (χ3v) is 6.52. The van der Waals surface area contributed by atoms with Gasteiger partial charge in [0, 0.05) is 0 Å². The Morgan fingerprint density at radius 3 is 1.88 bits per heavy atom. The van der Waals surface area contributed by atoms with Crippen molar-refractivity contribution in [1.82, 2.24) is 0 Å². The number of methoxy groups -OCH3 is 2. The van der Waals surface area contributed by atoms with Crippen molar-refractivity contribution in [1.29, 1.82) is 0 Å². The minimum Gasteiger partial charge on any atom is -0.493 e. The lowest BCUT2D eigenvalue weighted by atomic mass is 10.0. The van der Waals surface area contributed by atoms with E-state index in [0.29, 0.717) is 24.7 Å². The molecule has 0 amide bonds. The Labute approximate surface area is 155 Å². The molecule has 0 radical (unpaired) electrons. The monoisotopic (exact) mass is 378 g/mol. The van der Waals surface area contributed by atoms with Crippen molar-refractivity contribution in [3.05, 3.63) is 59.2 Å². The fourth-order valence-electron chi connectivity index (χ4n) is 2.88. The van der Waals surface area contributed by atoms with Gasteiger partial charge in [-0.05, 0) is 44.0 Å². The van der Waals surface area contributed by atoms with Gasteiger partial charge >= 0.3 is 7.60 Å². The van der Waals surface area contributed by atoms with E-state index < -0.39 is 13.3 Å². The summed E-state index contributed by atoms with van der Waals surface area (Å²) in [6.07, 6.45) is 0. The van der Waals surface area contributed by atoms with Crippen LogP contribution >= 0.6 is 7.60 Å². The zero-order valence-electron chi connectivity index (χ0n) is 16.0. The molecule has 1 atom stereocenters. The Kier molecular flexibility index (Phi) is 7.27. The van der Waals surface area contributed by atoms with Crippen LogP contribution in [-0.2, 0) is 13.6 Å². The fraction of sp³-hybridized carbons (Fsp3) is 0.400. The molecular formula is C20H27O5P. The first-order valence-electron chi connectivity index (χ1n) is 8.66.